The summed E-state index contributed by atoms with van der Waals surface area (Å²) in [4.78, 5) is 33.9. The molecular weight excluding hydrogens is 276 g/mol. The molecule has 1 aromatic heterocycles. The summed E-state index contributed by atoms with van der Waals surface area (Å²) in [6.07, 6.45) is 2.78. The van der Waals surface area contributed by atoms with Crippen molar-refractivity contribution in [1.82, 2.24) is 10.6 Å². The van der Waals surface area contributed by atoms with Gasteiger partial charge in [-0.15, -0.1) is 0 Å². The second-order valence-corrected chi connectivity index (χ2v) is 4.63. The Bertz CT molecular complexity index is 470. The molecule has 7 nitrogen and oxygen atoms in total. The smallest absolute Gasteiger partial charge is 0.305 e. The fourth-order valence-electron chi connectivity index (χ4n) is 1.87. The van der Waals surface area contributed by atoms with E-state index in [-0.39, 0.29) is 43.0 Å². The molecule has 0 aliphatic carbocycles. The first-order chi connectivity index (χ1) is 10.0. The van der Waals surface area contributed by atoms with Crippen molar-refractivity contribution in [2.24, 2.45) is 0 Å². The summed E-state index contributed by atoms with van der Waals surface area (Å²) in [7, 11) is 0. The number of carboxylic acid groups (broad SMARTS) is 1. The van der Waals surface area contributed by atoms with Crippen LogP contribution in [-0.2, 0) is 9.59 Å². The molecule has 1 atom stereocenters. The Morgan fingerprint density at radius 2 is 2.14 bits per heavy atom. The summed E-state index contributed by atoms with van der Waals surface area (Å²) in [5, 5.41) is 14.0. The van der Waals surface area contributed by atoms with E-state index >= 15 is 0 Å². The minimum Gasteiger partial charge on any atom is -0.481 e. The zero-order valence-corrected chi connectivity index (χ0v) is 11.9. The average Bonchev–Trinajstić information content (AvgIpc) is 2.91. The monoisotopic (exact) mass is 296 g/mol. The highest BCUT2D eigenvalue weighted by Crippen LogP contribution is 2.02. The number of aliphatic carboxylic acids is 1. The molecule has 0 aliphatic heterocycles. The maximum Gasteiger partial charge on any atom is 0.305 e. The van der Waals surface area contributed by atoms with E-state index in [1.54, 1.807) is 6.07 Å². The number of carboxylic acids is 1. The summed E-state index contributed by atoms with van der Waals surface area (Å²) in [5.74, 6) is -1.43. The first kappa shape index (κ1) is 16.7. The second kappa shape index (κ2) is 8.78. The van der Waals surface area contributed by atoms with Crippen molar-refractivity contribution in [3.05, 3.63) is 24.2 Å². The molecular formula is C14H20N2O5. The molecule has 0 aromatic carbocycles. The van der Waals surface area contributed by atoms with Crippen LogP contribution in [0.2, 0.25) is 0 Å². The van der Waals surface area contributed by atoms with E-state index in [2.05, 4.69) is 10.6 Å². The highest BCUT2D eigenvalue weighted by atomic mass is 16.4. The van der Waals surface area contributed by atoms with Crippen LogP contribution in [-0.4, -0.2) is 35.5 Å². The highest BCUT2D eigenvalue weighted by molar-refractivity contribution is 5.91. The summed E-state index contributed by atoms with van der Waals surface area (Å²) in [6, 6.07) is 2.75. The van der Waals surface area contributed by atoms with Crippen molar-refractivity contribution >= 4 is 17.8 Å². The molecule has 1 unspecified atom stereocenters. The normalized spacial score (nSPS) is 11.7. The topological polar surface area (TPSA) is 109 Å². The first-order valence-corrected chi connectivity index (χ1v) is 6.85. The molecule has 2 amide bonds. The van der Waals surface area contributed by atoms with Gasteiger partial charge in [0.2, 0.25) is 5.91 Å². The lowest BCUT2D eigenvalue weighted by atomic mass is 10.1. The van der Waals surface area contributed by atoms with Crippen LogP contribution in [0.4, 0.5) is 0 Å². The molecule has 7 heteroatoms. The van der Waals surface area contributed by atoms with E-state index < -0.39 is 5.97 Å². The van der Waals surface area contributed by atoms with Gasteiger partial charge in [0.25, 0.3) is 5.91 Å². The van der Waals surface area contributed by atoms with Crippen LogP contribution in [0.15, 0.2) is 22.8 Å². The van der Waals surface area contributed by atoms with E-state index in [1.165, 1.54) is 12.3 Å². The van der Waals surface area contributed by atoms with Crippen LogP contribution in [0.5, 0.6) is 0 Å². The lowest BCUT2D eigenvalue weighted by Gasteiger charge is -2.16. The molecule has 3 N–H and O–H groups in total. The van der Waals surface area contributed by atoms with E-state index in [1.807, 2.05) is 6.92 Å². The summed E-state index contributed by atoms with van der Waals surface area (Å²) in [6.45, 7) is 2.09. The number of hydrogen-bond acceptors (Lipinski definition) is 4. The third-order valence-electron chi connectivity index (χ3n) is 2.81. The third-order valence-corrected chi connectivity index (χ3v) is 2.81. The van der Waals surface area contributed by atoms with Crippen LogP contribution in [0.25, 0.3) is 0 Å². The van der Waals surface area contributed by atoms with Gasteiger partial charge in [-0.3, -0.25) is 14.4 Å². The fraction of sp³-hybridized carbons (Fsp3) is 0.500. The predicted molar refractivity (Wildman–Crippen MR) is 74.7 cm³/mol. The zero-order chi connectivity index (χ0) is 15.7. The van der Waals surface area contributed by atoms with Gasteiger partial charge in [-0.05, 0) is 18.6 Å². The van der Waals surface area contributed by atoms with Gasteiger partial charge < -0.3 is 20.2 Å². The standard InChI is InChI=1S/C14H20N2O5/c1-2-4-10(9-13(18)19)16-12(17)6-7-15-14(20)11-5-3-8-21-11/h3,5,8,10H,2,4,6-7,9H2,1H3,(H,15,20)(H,16,17)(H,18,19). The zero-order valence-electron chi connectivity index (χ0n) is 11.9. The molecule has 1 rings (SSSR count). The van der Waals surface area contributed by atoms with Gasteiger partial charge in [0.05, 0.1) is 12.7 Å². The average molecular weight is 296 g/mol. The van der Waals surface area contributed by atoms with Crippen LogP contribution in [0.3, 0.4) is 0 Å². The van der Waals surface area contributed by atoms with Gasteiger partial charge in [-0.1, -0.05) is 13.3 Å². The molecule has 0 aliphatic rings. The minimum atomic E-state index is -0.945. The van der Waals surface area contributed by atoms with Crippen molar-refractivity contribution in [3.63, 3.8) is 0 Å². The van der Waals surface area contributed by atoms with Gasteiger partial charge in [0.15, 0.2) is 5.76 Å². The van der Waals surface area contributed by atoms with Crippen molar-refractivity contribution in [2.75, 3.05) is 6.54 Å². The Hall–Kier alpha value is -2.31. The number of nitrogens with one attached hydrogen (secondary N) is 2. The Morgan fingerprint density at radius 3 is 2.71 bits per heavy atom. The van der Waals surface area contributed by atoms with Crippen LogP contribution in [0, 0.1) is 0 Å². The molecule has 0 bridgehead atoms. The number of amides is 2. The largest absolute Gasteiger partial charge is 0.481 e. The maximum atomic E-state index is 11.7. The number of hydrogen-bond donors (Lipinski definition) is 3. The van der Waals surface area contributed by atoms with Gasteiger partial charge >= 0.3 is 5.97 Å². The van der Waals surface area contributed by atoms with Crippen LogP contribution < -0.4 is 10.6 Å². The third kappa shape index (κ3) is 6.60. The highest BCUT2D eigenvalue weighted by Gasteiger charge is 2.15. The molecule has 0 fully saturated rings. The lowest BCUT2D eigenvalue weighted by molar-refractivity contribution is -0.137. The molecule has 0 spiro atoms. The summed E-state index contributed by atoms with van der Waals surface area (Å²) < 4.78 is 4.92. The first-order valence-electron chi connectivity index (χ1n) is 6.85. The fourth-order valence-corrected chi connectivity index (χ4v) is 1.87. The minimum absolute atomic E-state index is 0.0896. The number of carbonyl (C=O) groups is 3. The Balaban J connectivity index is 2.29. The Labute approximate surface area is 122 Å². The predicted octanol–water partition coefficient (Wildman–Crippen LogP) is 1.16. The van der Waals surface area contributed by atoms with Gasteiger partial charge in [0, 0.05) is 19.0 Å². The van der Waals surface area contributed by atoms with E-state index in [0.717, 1.165) is 6.42 Å². The summed E-state index contributed by atoms with van der Waals surface area (Å²) in [5.41, 5.74) is 0. The number of furan rings is 1. The molecule has 21 heavy (non-hydrogen) atoms. The quantitative estimate of drug-likeness (QED) is 0.633. The van der Waals surface area contributed by atoms with E-state index in [0.29, 0.717) is 6.42 Å². The lowest BCUT2D eigenvalue weighted by Crippen LogP contribution is -2.38. The second-order valence-electron chi connectivity index (χ2n) is 4.63. The Morgan fingerprint density at radius 1 is 1.38 bits per heavy atom. The van der Waals surface area contributed by atoms with Crippen molar-refractivity contribution < 1.29 is 23.9 Å². The van der Waals surface area contributed by atoms with Crippen molar-refractivity contribution in [1.29, 1.82) is 0 Å². The molecule has 116 valence electrons. The van der Waals surface area contributed by atoms with Crippen LogP contribution >= 0.6 is 0 Å². The van der Waals surface area contributed by atoms with Gasteiger partial charge in [-0.2, -0.15) is 0 Å². The Kier molecular flexibility index (Phi) is 7.00. The molecule has 0 saturated heterocycles. The SMILES string of the molecule is CCCC(CC(=O)O)NC(=O)CCNC(=O)c1ccco1. The summed E-state index contributed by atoms with van der Waals surface area (Å²) >= 11 is 0. The number of carbonyl (C=O) groups excluding carboxylic acids is 2. The van der Waals surface area contributed by atoms with Crippen molar-refractivity contribution in [2.45, 2.75) is 38.6 Å². The van der Waals surface area contributed by atoms with Crippen molar-refractivity contribution in [3.8, 4) is 0 Å². The van der Waals surface area contributed by atoms with Gasteiger partial charge in [0.1, 0.15) is 0 Å². The molecule has 1 heterocycles. The van der Waals surface area contributed by atoms with Crippen LogP contribution in [0.1, 0.15) is 43.2 Å². The maximum absolute atomic E-state index is 11.7. The molecule has 0 saturated carbocycles. The number of rotatable bonds is 9. The molecule has 0 radical (unpaired) electrons. The van der Waals surface area contributed by atoms with Gasteiger partial charge in [-0.25, -0.2) is 0 Å². The van der Waals surface area contributed by atoms with E-state index in [4.69, 9.17) is 9.52 Å². The molecule has 1 aromatic rings. The van der Waals surface area contributed by atoms with E-state index in [9.17, 15) is 14.4 Å².